The second-order valence-corrected chi connectivity index (χ2v) is 3.82. The molecule has 2 unspecified atom stereocenters. The molecule has 0 bridgehead atoms. The molecule has 4 nitrogen and oxygen atoms in total. The minimum atomic E-state index is -0.103. The van der Waals surface area contributed by atoms with Crippen molar-refractivity contribution in [2.24, 2.45) is 5.73 Å². The molecule has 0 saturated heterocycles. The molecule has 0 saturated carbocycles. The number of aromatic nitrogens is 1. The van der Waals surface area contributed by atoms with Gasteiger partial charge in [-0.3, -0.25) is 4.98 Å². The summed E-state index contributed by atoms with van der Waals surface area (Å²) in [5, 5.41) is 0. The van der Waals surface area contributed by atoms with Crippen molar-refractivity contribution in [1.82, 2.24) is 4.98 Å². The van der Waals surface area contributed by atoms with E-state index in [-0.39, 0.29) is 12.1 Å². The Hall–Kier alpha value is -1.13. The third kappa shape index (κ3) is 3.47. The van der Waals surface area contributed by atoms with Gasteiger partial charge < -0.3 is 15.2 Å². The van der Waals surface area contributed by atoms with Crippen molar-refractivity contribution < 1.29 is 9.47 Å². The van der Waals surface area contributed by atoms with Gasteiger partial charge in [-0.05, 0) is 31.9 Å². The highest BCUT2D eigenvalue weighted by molar-refractivity contribution is 5.29. The van der Waals surface area contributed by atoms with E-state index in [0.29, 0.717) is 0 Å². The fourth-order valence-corrected chi connectivity index (χ4v) is 1.52. The summed E-state index contributed by atoms with van der Waals surface area (Å²) in [6, 6.07) is 3.61. The van der Waals surface area contributed by atoms with Crippen LogP contribution in [0.3, 0.4) is 0 Å². The van der Waals surface area contributed by atoms with Gasteiger partial charge in [0, 0.05) is 13.3 Å². The lowest BCUT2D eigenvalue weighted by Crippen LogP contribution is -2.16. The number of hydrogen-bond acceptors (Lipinski definition) is 4. The fourth-order valence-electron chi connectivity index (χ4n) is 1.52. The highest BCUT2D eigenvalue weighted by Gasteiger charge is 2.14. The Morgan fingerprint density at radius 3 is 2.75 bits per heavy atom. The first kappa shape index (κ1) is 12.9. The van der Waals surface area contributed by atoms with Crippen LogP contribution in [0.1, 0.15) is 31.5 Å². The van der Waals surface area contributed by atoms with Gasteiger partial charge in [0.2, 0.25) is 0 Å². The van der Waals surface area contributed by atoms with Crippen LogP contribution in [0.25, 0.3) is 0 Å². The average Bonchev–Trinajstić information content (AvgIpc) is 2.35. The first-order chi connectivity index (χ1) is 7.69. The van der Waals surface area contributed by atoms with Crippen LogP contribution in [0.15, 0.2) is 18.3 Å². The Labute approximate surface area is 96.8 Å². The lowest BCUT2D eigenvalue weighted by atomic mass is 10.1. The zero-order chi connectivity index (χ0) is 12.0. The average molecular weight is 224 g/mol. The standard InChI is InChI=1S/C12H20N2O2/c1-9(15-2)6-7-10(13)12-11(16-3)5-4-8-14-12/h4-5,8-10H,6-7,13H2,1-3H3. The van der Waals surface area contributed by atoms with Gasteiger partial charge in [0.1, 0.15) is 5.75 Å². The smallest absolute Gasteiger partial charge is 0.141 e. The zero-order valence-corrected chi connectivity index (χ0v) is 10.1. The van der Waals surface area contributed by atoms with Gasteiger partial charge in [-0.25, -0.2) is 0 Å². The summed E-state index contributed by atoms with van der Waals surface area (Å²) in [7, 11) is 3.34. The molecule has 0 aliphatic heterocycles. The van der Waals surface area contributed by atoms with E-state index >= 15 is 0 Å². The van der Waals surface area contributed by atoms with Crippen LogP contribution in [0.2, 0.25) is 0 Å². The predicted molar refractivity (Wildman–Crippen MR) is 63.4 cm³/mol. The molecule has 0 aliphatic rings. The van der Waals surface area contributed by atoms with Crippen molar-refractivity contribution in [3.8, 4) is 5.75 Å². The molecule has 1 rings (SSSR count). The van der Waals surface area contributed by atoms with E-state index in [1.165, 1.54) is 0 Å². The molecule has 0 radical (unpaired) electrons. The van der Waals surface area contributed by atoms with E-state index in [1.54, 1.807) is 20.4 Å². The number of pyridine rings is 1. The largest absolute Gasteiger partial charge is 0.495 e. The molecule has 90 valence electrons. The van der Waals surface area contributed by atoms with Crippen LogP contribution in [-0.4, -0.2) is 25.3 Å². The topological polar surface area (TPSA) is 57.4 Å². The van der Waals surface area contributed by atoms with Crippen molar-refractivity contribution in [1.29, 1.82) is 0 Å². The molecule has 1 aromatic heterocycles. The monoisotopic (exact) mass is 224 g/mol. The normalized spacial score (nSPS) is 14.5. The first-order valence-electron chi connectivity index (χ1n) is 5.46. The Balaban J connectivity index is 2.61. The summed E-state index contributed by atoms with van der Waals surface area (Å²) >= 11 is 0. The number of nitrogens with zero attached hydrogens (tertiary/aromatic N) is 1. The molecule has 1 aromatic rings. The second-order valence-electron chi connectivity index (χ2n) is 3.82. The van der Waals surface area contributed by atoms with E-state index in [4.69, 9.17) is 15.2 Å². The summed E-state index contributed by atoms with van der Waals surface area (Å²) in [5.74, 6) is 0.750. The molecule has 2 N–H and O–H groups in total. The number of methoxy groups -OCH3 is 2. The Morgan fingerprint density at radius 2 is 2.12 bits per heavy atom. The summed E-state index contributed by atoms with van der Waals surface area (Å²) in [6.07, 6.45) is 3.71. The Bertz CT molecular complexity index is 318. The summed E-state index contributed by atoms with van der Waals surface area (Å²) in [6.45, 7) is 2.03. The van der Waals surface area contributed by atoms with Gasteiger partial charge in [-0.1, -0.05) is 0 Å². The molecule has 0 aromatic carbocycles. The molecule has 4 heteroatoms. The number of ether oxygens (including phenoxy) is 2. The maximum atomic E-state index is 6.08. The molecule has 0 fully saturated rings. The third-order valence-electron chi connectivity index (χ3n) is 2.66. The molecule has 2 atom stereocenters. The molecule has 0 amide bonds. The summed E-state index contributed by atoms with van der Waals surface area (Å²) in [4.78, 5) is 4.26. The molecular weight excluding hydrogens is 204 g/mol. The number of nitrogens with two attached hydrogens (primary N) is 1. The quantitative estimate of drug-likeness (QED) is 0.802. The van der Waals surface area contributed by atoms with Gasteiger partial charge in [-0.15, -0.1) is 0 Å². The fraction of sp³-hybridized carbons (Fsp3) is 0.583. The van der Waals surface area contributed by atoms with Crippen molar-refractivity contribution in [2.45, 2.75) is 31.9 Å². The Kier molecular flexibility index (Phi) is 5.22. The van der Waals surface area contributed by atoms with Crippen LogP contribution in [0.5, 0.6) is 5.75 Å². The summed E-state index contributed by atoms with van der Waals surface area (Å²) < 4.78 is 10.4. The highest BCUT2D eigenvalue weighted by atomic mass is 16.5. The summed E-state index contributed by atoms with van der Waals surface area (Å²) in [5.41, 5.74) is 6.89. The van der Waals surface area contributed by atoms with Gasteiger partial charge in [0.05, 0.1) is 24.9 Å². The molecular formula is C12H20N2O2. The number of rotatable bonds is 6. The SMILES string of the molecule is COc1cccnc1C(N)CCC(C)OC. The minimum absolute atomic E-state index is 0.103. The van der Waals surface area contributed by atoms with E-state index < -0.39 is 0 Å². The van der Waals surface area contributed by atoms with Crippen molar-refractivity contribution >= 4 is 0 Å². The maximum Gasteiger partial charge on any atom is 0.141 e. The van der Waals surface area contributed by atoms with Gasteiger partial charge in [0.15, 0.2) is 0 Å². The second kappa shape index (κ2) is 6.45. The van der Waals surface area contributed by atoms with E-state index in [9.17, 15) is 0 Å². The van der Waals surface area contributed by atoms with Crippen LogP contribution >= 0.6 is 0 Å². The first-order valence-corrected chi connectivity index (χ1v) is 5.46. The minimum Gasteiger partial charge on any atom is -0.495 e. The van der Waals surface area contributed by atoms with E-state index in [1.807, 2.05) is 19.1 Å². The Morgan fingerprint density at radius 1 is 1.38 bits per heavy atom. The molecule has 16 heavy (non-hydrogen) atoms. The number of hydrogen-bond donors (Lipinski definition) is 1. The van der Waals surface area contributed by atoms with Crippen molar-refractivity contribution in [3.63, 3.8) is 0 Å². The van der Waals surface area contributed by atoms with Crippen molar-refractivity contribution in [2.75, 3.05) is 14.2 Å². The van der Waals surface area contributed by atoms with Crippen molar-refractivity contribution in [3.05, 3.63) is 24.0 Å². The molecule has 0 spiro atoms. The van der Waals surface area contributed by atoms with Crippen LogP contribution < -0.4 is 10.5 Å². The van der Waals surface area contributed by atoms with Crippen LogP contribution in [0.4, 0.5) is 0 Å². The predicted octanol–water partition coefficient (Wildman–Crippen LogP) is 1.91. The lowest BCUT2D eigenvalue weighted by Gasteiger charge is -2.16. The van der Waals surface area contributed by atoms with Crippen LogP contribution in [-0.2, 0) is 4.74 Å². The van der Waals surface area contributed by atoms with E-state index in [0.717, 1.165) is 24.3 Å². The van der Waals surface area contributed by atoms with Gasteiger partial charge in [-0.2, -0.15) is 0 Å². The molecule has 1 heterocycles. The lowest BCUT2D eigenvalue weighted by molar-refractivity contribution is 0.107. The van der Waals surface area contributed by atoms with E-state index in [2.05, 4.69) is 4.98 Å². The van der Waals surface area contributed by atoms with Crippen LogP contribution in [0, 0.1) is 0 Å². The third-order valence-corrected chi connectivity index (χ3v) is 2.66. The zero-order valence-electron chi connectivity index (χ0n) is 10.1. The highest BCUT2D eigenvalue weighted by Crippen LogP contribution is 2.24. The maximum absolute atomic E-state index is 6.08. The van der Waals surface area contributed by atoms with Gasteiger partial charge in [0.25, 0.3) is 0 Å². The molecule has 0 aliphatic carbocycles. The van der Waals surface area contributed by atoms with Gasteiger partial charge >= 0.3 is 0 Å².